The van der Waals surface area contributed by atoms with Crippen LogP contribution in [0.5, 0.6) is 5.75 Å². The third kappa shape index (κ3) is 2.29. The average Bonchev–Trinajstić information content (AvgIpc) is 3.31. The second-order valence-electron chi connectivity index (χ2n) is 7.53. The number of fused-ring (bicyclic) bond motifs is 2. The van der Waals surface area contributed by atoms with Crippen molar-refractivity contribution < 1.29 is 14.3 Å². The Balaban J connectivity index is 1.54. The number of piperidine rings is 3. The zero-order valence-electron chi connectivity index (χ0n) is 14.0. The van der Waals surface area contributed by atoms with Crippen LogP contribution in [0.2, 0.25) is 0 Å². The normalized spacial score (nSPS) is 33.4. The first-order valence-corrected chi connectivity index (χ1v) is 9.08. The van der Waals surface area contributed by atoms with Gasteiger partial charge in [0.1, 0.15) is 12.0 Å². The summed E-state index contributed by atoms with van der Waals surface area (Å²) < 4.78 is 5.13. The van der Waals surface area contributed by atoms with E-state index in [1.807, 2.05) is 12.1 Å². The molecule has 2 aromatic rings. The van der Waals surface area contributed by atoms with Crippen LogP contribution >= 0.6 is 0 Å². The number of rotatable bonds is 2. The Labute approximate surface area is 146 Å². The van der Waals surface area contributed by atoms with Crippen LogP contribution in [0, 0.1) is 5.92 Å². The highest BCUT2D eigenvalue weighted by molar-refractivity contribution is 5.94. The number of nitrogens with zero attached hydrogens (tertiary/aromatic N) is 2. The number of phenols is 1. The van der Waals surface area contributed by atoms with Gasteiger partial charge in [-0.25, -0.2) is 0 Å². The maximum atomic E-state index is 13.1. The van der Waals surface area contributed by atoms with Crippen molar-refractivity contribution in [1.29, 1.82) is 0 Å². The number of likely N-dealkylation sites (tertiary alicyclic amines) is 1. The quantitative estimate of drug-likeness (QED) is 0.915. The van der Waals surface area contributed by atoms with Crippen LogP contribution in [0.1, 0.15) is 34.7 Å². The van der Waals surface area contributed by atoms with E-state index in [1.165, 1.54) is 12.8 Å². The molecule has 5 nitrogen and oxygen atoms in total. The molecule has 0 spiro atoms. The number of carbonyl (C=O) groups is 1. The molecular formula is C20H22N2O3. The van der Waals surface area contributed by atoms with Crippen LogP contribution in [0.3, 0.4) is 0 Å². The summed E-state index contributed by atoms with van der Waals surface area (Å²) in [6, 6.07) is 9.91. The van der Waals surface area contributed by atoms with Crippen molar-refractivity contribution in [2.24, 2.45) is 5.92 Å². The molecule has 0 saturated carbocycles. The molecule has 4 fully saturated rings. The van der Waals surface area contributed by atoms with Crippen molar-refractivity contribution in [2.45, 2.75) is 30.8 Å². The lowest BCUT2D eigenvalue weighted by atomic mass is 9.75. The van der Waals surface area contributed by atoms with E-state index in [9.17, 15) is 9.90 Å². The topological polar surface area (TPSA) is 56.9 Å². The predicted molar refractivity (Wildman–Crippen MR) is 92.5 cm³/mol. The molecule has 0 radical (unpaired) electrons. The Hall–Kier alpha value is -2.27. The number of amides is 1. The minimum absolute atomic E-state index is 0.0696. The first-order chi connectivity index (χ1) is 12.2. The Morgan fingerprint density at radius 2 is 2.00 bits per heavy atom. The zero-order valence-corrected chi connectivity index (χ0v) is 14.0. The van der Waals surface area contributed by atoms with Gasteiger partial charge in [0, 0.05) is 18.5 Å². The highest BCUT2D eigenvalue weighted by atomic mass is 16.3. The van der Waals surface area contributed by atoms with E-state index in [0.29, 0.717) is 29.8 Å². The lowest BCUT2D eigenvalue weighted by Gasteiger charge is -2.51. The van der Waals surface area contributed by atoms with E-state index in [2.05, 4.69) is 15.9 Å². The minimum atomic E-state index is 0.0696. The predicted octanol–water partition coefficient (Wildman–Crippen LogP) is 2.69. The number of furan rings is 1. The van der Waals surface area contributed by atoms with Crippen molar-refractivity contribution in [3.63, 3.8) is 0 Å². The van der Waals surface area contributed by atoms with Gasteiger partial charge in [0.2, 0.25) is 0 Å². The van der Waals surface area contributed by atoms with Crippen molar-refractivity contribution in [3.05, 3.63) is 54.0 Å². The van der Waals surface area contributed by atoms with Gasteiger partial charge in [-0.3, -0.25) is 9.69 Å². The number of carbonyl (C=O) groups excluding carboxylic acids is 1. The maximum absolute atomic E-state index is 13.1. The molecule has 2 bridgehead atoms. The summed E-state index contributed by atoms with van der Waals surface area (Å²) in [5, 5.41) is 9.92. The van der Waals surface area contributed by atoms with Crippen molar-refractivity contribution in [3.8, 4) is 5.75 Å². The summed E-state index contributed by atoms with van der Waals surface area (Å²) in [7, 11) is 0. The molecule has 3 atom stereocenters. The van der Waals surface area contributed by atoms with E-state index in [4.69, 9.17) is 4.42 Å². The van der Waals surface area contributed by atoms with Crippen LogP contribution in [-0.2, 0) is 0 Å². The molecule has 1 N–H and O–H groups in total. The smallest absolute Gasteiger partial charge is 0.257 e. The van der Waals surface area contributed by atoms with Crippen LogP contribution in [-0.4, -0.2) is 52.5 Å². The Morgan fingerprint density at radius 3 is 2.72 bits per heavy atom. The van der Waals surface area contributed by atoms with Crippen LogP contribution in [0.15, 0.2) is 47.3 Å². The molecule has 1 aromatic heterocycles. The van der Waals surface area contributed by atoms with Gasteiger partial charge in [-0.1, -0.05) is 12.1 Å². The molecule has 5 heterocycles. The van der Waals surface area contributed by atoms with Crippen LogP contribution in [0.25, 0.3) is 0 Å². The van der Waals surface area contributed by atoms with E-state index in [-0.39, 0.29) is 17.9 Å². The van der Waals surface area contributed by atoms with Crippen molar-refractivity contribution in [1.82, 2.24) is 9.80 Å². The van der Waals surface area contributed by atoms with Gasteiger partial charge in [-0.15, -0.1) is 0 Å². The molecule has 130 valence electrons. The molecule has 1 aromatic carbocycles. The van der Waals surface area contributed by atoms with Gasteiger partial charge in [0.25, 0.3) is 5.91 Å². The summed E-state index contributed by atoms with van der Waals surface area (Å²) in [5.74, 6) is 1.19. The first kappa shape index (κ1) is 15.0. The van der Waals surface area contributed by atoms with Gasteiger partial charge in [-0.05, 0) is 55.6 Å². The largest absolute Gasteiger partial charge is 0.508 e. The highest BCUT2D eigenvalue weighted by Crippen LogP contribution is 2.47. The van der Waals surface area contributed by atoms with E-state index in [1.54, 1.807) is 24.7 Å². The summed E-state index contributed by atoms with van der Waals surface area (Å²) in [5.41, 5.74) is 1.76. The first-order valence-electron chi connectivity index (χ1n) is 9.08. The Kier molecular flexibility index (Phi) is 3.38. The number of phenolic OH excluding ortho intramolecular Hbond substituents is 1. The van der Waals surface area contributed by atoms with Crippen LogP contribution < -0.4 is 0 Å². The van der Waals surface area contributed by atoms with Gasteiger partial charge in [0.05, 0.1) is 17.9 Å². The van der Waals surface area contributed by atoms with Gasteiger partial charge < -0.3 is 14.4 Å². The summed E-state index contributed by atoms with van der Waals surface area (Å²) in [6.07, 6.45) is 5.44. The second-order valence-corrected chi connectivity index (χ2v) is 7.53. The fraction of sp³-hybridized carbons (Fsp3) is 0.450. The Morgan fingerprint density at radius 1 is 1.16 bits per heavy atom. The molecule has 25 heavy (non-hydrogen) atoms. The van der Waals surface area contributed by atoms with Crippen molar-refractivity contribution in [2.75, 3.05) is 19.6 Å². The van der Waals surface area contributed by atoms with Gasteiger partial charge >= 0.3 is 0 Å². The molecule has 6 rings (SSSR count). The molecule has 0 aliphatic carbocycles. The monoisotopic (exact) mass is 338 g/mol. The standard InChI is InChI=1S/C20H22N2O3/c23-16-3-1-2-14(10-16)17-11-22(20(24)15-6-9-25-12-15)18-13-4-7-21(8-5-13)19(17)18/h1-3,6,9-10,12-13,17-19,23H,4-5,7-8,11H2/t17-,18+,19+/m0/s1. The maximum Gasteiger partial charge on any atom is 0.257 e. The van der Waals surface area contributed by atoms with E-state index < -0.39 is 0 Å². The number of hydrogen-bond acceptors (Lipinski definition) is 4. The summed E-state index contributed by atoms with van der Waals surface area (Å²) >= 11 is 0. The lowest BCUT2D eigenvalue weighted by molar-refractivity contribution is -0.00343. The second kappa shape index (κ2) is 5.63. The number of benzene rings is 1. The van der Waals surface area contributed by atoms with Gasteiger partial charge in [-0.2, -0.15) is 0 Å². The van der Waals surface area contributed by atoms with Crippen LogP contribution in [0.4, 0.5) is 0 Å². The summed E-state index contributed by atoms with van der Waals surface area (Å²) in [4.78, 5) is 17.7. The zero-order chi connectivity index (χ0) is 17.0. The van der Waals surface area contributed by atoms with Gasteiger partial charge in [0.15, 0.2) is 0 Å². The summed E-state index contributed by atoms with van der Waals surface area (Å²) in [6.45, 7) is 2.94. The Bertz CT molecular complexity index is 780. The molecule has 4 aliphatic heterocycles. The van der Waals surface area contributed by atoms with E-state index in [0.717, 1.165) is 18.7 Å². The highest BCUT2D eigenvalue weighted by Gasteiger charge is 2.54. The SMILES string of the molecule is O=C(c1ccoc1)N1C[C@@H](c2cccc(O)c2)[C@@H]2[C@H]1C1CCN2CC1. The molecule has 4 saturated heterocycles. The molecule has 1 amide bonds. The third-order valence-corrected chi connectivity index (χ3v) is 6.32. The third-order valence-electron chi connectivity index (χ3n) is 6.32. The molecule has 4 aliphatic rings. The molecule has 0 unspecified atom stereocenters. The van der Waals surface area contributed by atoms with E-state index >= 15 is 0 Å². The molecule has 5 heteroatoms. The average molecular weight is 338 g/mol. The lowest BCUT2D eigenvalue weighted by Crippen LogP contribution is -2.60. The molecular weight excluding hydrogens is 316 g/mol. The van der Waals surface area contributed by atoms with Crippen molar-refractivity contribution >= 4 is 5.91 Å². The fourth-order valence-corrected chi connectivity index (χ4v) is 5.26. The minimum Gasteiger partial charge on any atom is -0.508 e. The fourth-order valence-electron chi connectivity index (χ4n) is 5.26. The number of hydrogen-bond donors (Lipinski definition) is 1. The number of aromatic hydroxyl groups is 1.